The molecular formula is C12H22ClF2N3O3S. The van der Waals surface area contributed by atoms with Crippen molar-refractivity contribution in [2.24, 2.45) is 5.92 Å². The minimum Gasteiger partial charge on any atom is -0.354 e. The van der Waals surface area contributed by atoms with Gasteiger partial charge in [-0.05, 0) is 18.8 Å². The van der Waals surface area contributed by atoms with Crippen LogP contribution in [0.15, 0.2) is 0 Å². The smallest absolute Gasteiger partial charge is 0.262 e. The maximum atomic E-state index is 13.0. The van der Waals surface area contributed by atoms with E-state index in [-0.39, 0.29) is 18.3 Å². The highest BCUT2D eigenvalue weighted by atomic mass is 35.5. The SMILES string of the molecule is CS(=O)(=O)N1CCC(CNC(=O)C2CC(F)(F)CN2)CC1.Cl. The molecule has 0 aromatic carbocycles. The van der Waals surface area contributed by atoms with Crippen LogP contribution in [0.3, 0.4) is 0 Å². The molecule has 0 radical (unpaired) electrons. The van der Waals surface area contributed by atoms with Crippen molar-refractivity contribution in [2.45, 2.75) is 31.2 Å². The van der Waals surface area contributed by atoms with Gasteiger partial charge in [-0.1, -0.05) is 0 Å². The summed E-state index contributed by atoms with van der Waals surface area (Å²) in [6.07, 6.45) is 2.05. The Kier molecular flexibility index (Phi) is 6.55. The highest BCUT2D eigenvalue weighted by Gasteiger charge is 2.42. The van der Waals surface area contributed by atoms with E-state index in [1.807, 2.05) is 0 Å². The number of rotatable bonds is 4. The maximum absolute atomic E-state index is 13.0. The lowest BCUT2D eigenvalue weighted by molar-refractivity contribution is -0.123. The summed E-state index contributed by atoms with van der Waals surface area (Å²) in [5, 5.41) is 5.19. The van der Waals surface area contributed by atoms with Gasteiger partial charge in [0.1, 0.15) is 0 Å². The van der Waals surface area contributed by atoms with Crippen LogP contribution in [-0.2, 0) is 14.8 Å². The third-order valence-electron chi connectivity index (χ3n) is 4.03. The van der Waals surface area contributed by atoms with E-state index in [4.69, 9.17) is 0 Å². The van der Waals surface area contributed by atoms with E-state index in [1.165, 1.54) is 10.6 Å². The molecule has 1 amide bonds. The fraction of sp³-hybridized carbons (Fsp3) is 0.917. The minimum absolute atomic E-state index is 0. The van der Waals surface area contributed by atoms with Gasteiger partial charge in [-0.15, -0.1) is 12.4 Å². The number of halogens is 3. The molecule has 0 aliphatic carbocycles. The predicted molar refractivity (Wildman–Crippen MR) is 80.8 cm³/mol. The molecule has 2 heterocycles. The van der Waals surface area contributed by atoms with Crippen LogP contribution in [0.25, 0.3) is 0 Å². The second kappa shape index (κ2) is 7.37. The summed E-state index contributed by atoms with van der Waals surface area (Å²) in [7, 11) is -3.15. The first-order valence-corrected chi connectivity index (χ1v) is 8.86. The zero-order chi connectivity index (χ0) is 15.7. The number of nitrogens with one attached hydrogen (secondary N) is 2. The Hall–Kier alpha value is -0.510. The second-order valence-electron chi connectivity index (χ2n) is 5.84. The summed E-state index contributed by atoms with van der Waals surface area (Å²) in [4.78, 5) is 11.8. The summed E-state index contributed by atoms with van der Waals surface area (Å²) in [6, 6.07) is -0.837. The Morgan fingerprint density at radius 1 is 1.36 bits per heavy atom. The number of amides is 1. The summed E-state index contributed by atoms with van der Waals surface area (Å²) in [5.74, 6) is -3.03. The molecule has 2 N–H and O–H groups in total. The fourth-order valence-corrected chi connectivity index (χ4v) is 3.59. The minimum atomic E-state index is -3.15. The number of piperidine rings is 1. The number of carbonyl (C=O) groups is 1. The van der Waals surface area contributed by atoms with E-state index in [1.54, 1.807) is 0 Å². The van der Waals surface area contributed by atoms with Gasteiger partial charge in [-0.3, -0.25) is 10.1 Å². The lowest BCUT2D eigenvalue weighted by Crippen LogP contribution is -2.45. The molecule has 130 valence electrons. The van der Waals surface area contributed by atoms with Gasteiger partial charge < -0.3 is 5.32 Å². The first-order valence-electron chi connectivity index (χ1n) is 7.01. The molecule has 0 saturated carbocycles. The van der Waals surface area contributed by atoms with Crippen LogP contribution < -0.4 is 10.6 Å². The Bertz CT molecular complexity index is 496. The number of hydrogen-bond acceptors (Lipinski definition) is 4. The maximum Gasteiger partial charge on any atom is 0.262 e. The van der Waals surface area contributed by atoms with E-state index in [2.05, 4.69) is 10.6 Å². The molecule has 2 fully saturated rings. The molecule has 2 saturated heterocycles. The standard InChI is InChI=1S/C12H21F2N3O3S.ClH/c1-21(19,20)17-4-2-9(3-5-17)7-15-11(18)10-6-12(13,14)8-16-10;/h9-10,16H,2-8H2,1H3,(H,15,18);1H. The monoisotopic (exact) mass is 361 g/mol. The average Bonchev–Trinajstić information content (AvgIpc) is 2.76. The molecule has 6 nitrogen and oxygen atoms in total. The largest absolute Gasteiger partial charge is 0.354 e. The molecule has 1 unspecified atom stereocenters. The van der Waals surface area contributed by atoms with Crippen molar-refractivity contribution < 1.29 is 22.0 Å². The highest BCUT2D eigenvalue weighted by molar-refractivity contribution is 7.88. The van der Waals surface area contributed by atoms with Crippen molar-refractivity contribution >= 4 is 28.3 Å². The molecule has 0 aromatic heterocycles. The summed E-state index contributed by atoms with van der Waals surface area (Å²) >= 11 is 0. The first-order chi connectivity index (χ1) is 9.67. The van der Waals surface area contributed by atoms with Gasteiger partial charge in [-0.25, -0.2) is 21.5 Å². The van der Waals surface area contributed by atoms with Gasteiger partial charge in [0.25, 0.3) is 5.92 Å². The number of hydrogen-bond donors (Lipinski definition) is 2. The van der Waals surface area contributed by atoms with Gasteiger partial charge in [0, 0.05) is 26.1 Å². The lowest BCUT2D eigenvalue weighted by Gasteiger charge is -2.30. The molecule has 22 heavy (non-hydrogen) atoms. The van der Waals surface area contributed by atoms with E-state index in [9.17, 15) is 22.0 Å². The van der Waals surface area contributed by atoms with Crippen molar-refractivity contribution in [3.8, 4) is 0 Å². The molecule has 0 bridgehead atoms. The Morgan fingerprint density at radius 3 is 2.41 bits per heavy atom. The number of nitrogens with zero attached hydrogens (tertiary/aromatic N) is 1. The van der Waals surface area contributed by atoms with Crippen molar-refractivity contribution in [3.05, 3.63) is 0 Å². The zero-order valence-corrected chi connectivity index (χ0v) is 14.0. The topological polar surface area (TPSA) is 78.5 Å². The molecule has 2 aliphatic heterocycles. The van der Waals surface area contributed by atoms with Crippen LogP contribution >= 0.6 is 12.4 Å². The normalized spacial score (nSPS) is 26.4. The summed E-state index contributed by atoms with van der Waals surface area (Å²) in [5.41, 5.74) is 0. The second-order valence-corrected chi connectivity index (χ2v) is 7.83. The van der Waals surface area contributed by atoms with Gasteiger partial charge in [0.15, 0.2) is 0 Å². The Balaban J connectivity index is 0.00000242. The summed E-state index contributed by atoms with van der Waals surface area (Å²) < 4.78 is 50.2. The average molecular weight is 362 g/mol. The van der Waals surface area contributed by atoms with Crippen LogP contribution in [0.2, 0.25) is 0 Å². The molecule has 2 rings (SSSR count). The molecule has 0 aromatic rings. The van der Waals surface area contributed by atoms with Crippen LogP contribution in [-0.4, -0.2) is 63.0 Å². The molecule has 2 aliphatic rings. The van der Waals surface area contributed by atoms with E-state index in [0.29, 0.717) is 32.5 Å². The van der Waals surface area contributed by atoms with Crippen molar-refractivity contribution in [1.29, 1.82) is 0 Å². The molecular weight excluding hydrogens is 340 g/mol. The first kappa shape index (κ1) is 19.5. The van der Waals surface area contributed by atoms with E-state index >= 15 is 0 Å². The van der Waals surface area contributed by atoms with Gasteiger partial charge >= 0.3 is 0 Å². The molecule has 1 atom stereocenters. The predicted octanol–water partition coefficient (Wildman–Crippen LogP) is 0.193. The zero-order valence-electron chi connectivity index (χ0n) is 12.3. The van der Waals surface area contributed by atoms with Crippen LogP contribution in [0, 0.1) is 5.92 Å². The Labute approximate surface area is 135 Å². The van der Waals surface area contributed by atoms with Crippen molar-refractivity contribution in [2.75, 3.05) is 32.4 Å². The molecule has 10 heteroatoms. The van der Waals surface area contributed by atoms with Crippen molar-refractivity contribution in [1.82, 2.24) is 14.9 Å². The van der Waals surface area contributed by atoms with Crippen LogP contribution in [0.5, 0.6) is 0 Å². The van der Waals surface area contributed by atoms with Gasteiger partial charge in [0.2, 0.25) is 15.9 Å². The Morgan fingerprint density at radius 2 is 1.95 bits per heavy atom. The third kappa shape index (κ3) is 5.29. The third-order valence-corrected chi connectivity index (χ3v) is 5.34. The van der Waals surface area contributed by atoms with Crippen LogP contribution in [0.4, 0.5) is 8.78 Å². The number of sulfonamides is 1. The van der Waals surface area contributed by atoms with Gasteiger partial charge in [-0.2, -0.15) is 0 Å². The lowest BCUT2D eigenvalue weighted by atomic mass is 9.98. The summed E-state index contributed by atoms with van der Waals surface area (Å²) in [6.45, 7) is 0.830. The van der Waals surface area contributed by atoms with Crippen molar-refractivity contribution in [3.63, 3.8) is 0 Å². The molecule has 0 spiro atoms. The highest BCUT2D eigenvalue weighted by Crippen LogP contribution is 2.25. The van der Waals surface area contributed by atoms with Crippen LogP contribution in [0.1, 0.15) is 19.3 Å². The quantitative estimate of drug-likeness (QED) is 0.749. The van der Waals surface area contributed by atoms with E-state index < -0.39 is 40.9 Å². The van der Waals surface area contributed by atoms with E-state index in [0.717, 1.165) is 0 Å². The number of alkyl halides is 2. The number of carbonyl (C=O) groups excluding carboxylic acids is 1. The fourth-order valence-electron chi connectivity index (χ4n) is 2.71. The van der Waals surface area contributed by atoms with Gasteiger partial charge in [0.05, 0.1) is 18.8 Å².